The third kappa shape index (κ3) is 3.00. The molecule has 0 bridgehead atoms. The fourth-order valence-electron chi connectivity index (χ4n) is 2.70. The molecule has 0 spiro atoms. The number of fused-ring (bicyclic) bond motifs is 1. The third-order valence-corrected chi connectivity index (χ3v) is 3.92. The van der Waals surface area contributed by atoms with Gasteiger partial charge in [-0.15, -0.1) is 0 Å². The number of carboxylic acids is 1. The number of aliphatic carboxylic acids is 1. The Bertz CT molecular complexity index is 645. The first kappa shape index (κ1) is 13.9. The summed E-state index contributed by atoms with van der Waals surface area (Å²) in [6.07, 6.45) is 0.200. The highest BCUT2D eigenvalue weighted by Gasteiger charge is 2.21. The highest BCUT2D eigenvalue weighted by molar-refractivity contribution is 5.89. The van der Waals surface area contributed by atoms with E-state index in [1.165, 1.54) is 5.56 Å². The minimum atomic E-state index is -0.740. The Kier molecular flexibility index (Phi) is 3.79. The van der Waals surface area contributed by atoms with Crippen LogP contribution in [-0.2, 0) is 4.79 Å². The molecule has 0 unspecified atom stereocenters. The maximum Gasteiger partial charge on any atom is 0.304 e. The molecule has 3 rings (SSSR count). The van der Waals surface area contributed by atoms with Crippen LogP contribution in [0.5, 0.6) is 0 Å². The van der Waals surface area contributed by atoms with E-state index in [1.54, 1.807) is 0 Å². The number of anilines is 1. The number of aromatic nitrogens is 1. The molecule has 112 valence electrons. The van der Waals surface area contributed by atoms with Gasteiger partial charge in [0.15, 0.2) is 11.4 Å². The van der Waals surface area contributed by atoms with Gasteiger partial charge >= 0.3 is 5.97 Å². The Labute approximate surface area is 122 Å². The lowest BCUT2D eigenvalue weighted by Gasteiger charge is -2.34. The lowest BCUT2D eigenvalue weighted by molar-refractivity contribution is -0.137. The minimum absolute atomic E-state index is 0.200. The van der Waals surface area contributed by atoms with Crippen LogP contribution in [0, 0.1) is 6.92 Å². The van der Waals surface area contributed by atoms with Crippen molar-refractivity contribution in [3.63, 3.8) is 0 Å². The first-order valence-electron chi connectivity index (χ1n) is 7.18. The van der Waals surface area contributed by atoms with Crippen LogP contribution in [-0.4, -0.2) is 53.9 Å². The van der Waals surface area contributed by atoms with Gasteiger partial charge < -0.3 is 14.5 Å². The largest absolute Gasteiger partial charge is 0.481 e. The summed E-state index contributed by atoms with van der Waals surface area (Å²) in [7, 11) is 0. The van der Waals surface area contributed by atoms with E-state index in [9.17, 15) is 4.79 Å². The number of aryl methyl sites for hydroxylation is 1. The number of carbonyl (C=O) groups is 1. The van der Waals surface area contributed by atoms with E-state index in [-0.39, 0.29) is 6.42 Å². The Morgan fingerprint density at radius 2 is 2.10 bits per heavy atom. The highest BCUT2D eigenvalue weighted by Crippen LogP contribution is 2.27. The van der Waals surface area contributed by atoms with Crippen LogP contribution < -0.4 is 4.90 Å². The number of hydrogen-bond acceptors (Lipinski definition) is 5. The average molecular weight is 289 g/mol. The van der Waals surface area contributed by atoms with Gasteiger partial charge in [-0.3, -0.25) is 9.69 Å². The Hall–Kier alpha value is -2.08. The fraction of sp³-hybridized carbons (Fsp3) is 0.467. The second kappa shape index (κ2) is 5.73. The molecule has 0 aliphatic carbocycles. The maximum atomic E-state index is 10.6. The van der Waals surface area contributed by atoms with Gasteiger partial charge in [0.2, 0.25) is 0 Å². The van der Waals surface area contributed by atoms with Crippen LogP contribution in [0.4, 0.5) is 5.82 Å². The molecular formula is C15H19N3O3. The van der Waals surface area contributed by atoms with Gasteiger partial charge in [-0.2, -0.15) is 0 Å². The van der Waals surface area contributed by atoms with Gasteiger partial charge in [0.25, 0.3) is 0 Å². The Morgan fingerprint density at radius 3 is 2.81 bits per heavy atom. The molecule has 1 saturated heterocycles. The molecule has 0 amide bonds. The van der Waals surface area contributed by atoms with Gasteiger partial charge in [0.05, 0.1) is 11.8 Å². The molecule has 21 heavy (non-hydrogen) atoms. The summed E-state index contributed by atoms with van der Waals surface area (Å²) in [6.45, 7) is 6.06. The van der Waals surface area contributed by atoms with Gasteiger partial charge in [-0.1, -0.05) is 16.8 Å². The molecule has 6 heteroatoms. The number of carboxylic acid groups (broad SMARTS) is 1. The predicted octanol–water partition coefficient (Wildman–Crippen LogP) is 1.73. The molecule has 1 aliphatic heterocycles. The smallest absolute Gasteiger partial charge is 0.304 e. The van der Waals surface area contributed by atoms with E-state index in [1.807, 2.05) is 12.1 Å². The number of rotatable bonds is 4. The molecule has 1 aromatic heterocycles. The molecule has 2 aromatic rings. The highest BCUT2D eigenvalue weighted by atomic mass is 16.5. The minimum Gasteiger partial charge on any atom is -0.481 e. The van der Waals surface area contributed by atoms with Crippen molar-refractivity contribution in [1.82, 2.24) is 10.1 Å². The molecule has 6 nitrogen and oxygen atoms in total. The van der Waals surface area contributed by atoms with Crippen molar-refractivity contribution < 1.29 is 14.4 Å². The summed E-state index contributed by atoms with van der Waals surface area (Å²) >= 11 is 0. The van der Waals surface area contributed by atoms with E-state index in [0.29, 0.717) is 6.54 Å². The second-order valence-electron chi connectivity index (χ2n) is 5.48. The SMILES string of the molecule is Cc1ccc2onc(N3CCN(CCC(=O)O)CC3)c2c1. The van der Waals surface area contributed by atoms with Crippen molar-refractivity contribution in [3.05, 3.63) is 23.8 Å². The van der Waals surface area contributed by atoms with Crippen molar-refractivity contribution in [1.29, 1.82) is 0 Å². The van der Waals surface area contributed by atoms with E-state index >= 15 is 0 Å². The van der Waals surface area contributed by atoms with Crippen molar-refractivity contribution in [2.75, 3.05) is 37.6 Å². The molecule has 1 aromatic carbocycles. The molecule has 0 saturated carbocycles. The maximum absolute atomic E-state index is 10.6. The van der Waals surface area contributed by atoms with E-state index in [0.717, 1.165) is 43.0 Å². The van der Waals surface area contributed by atoms with Crippen LogP contribution in [0.2, 0.25) is 0 Å². The zero-order chi connectivity index (χ0) is 14.8. The van der Waals surface area contributed by atoms with Gasteiger partial charge in [0.1, 0.15) is 0 Å². The number of benzene rings is 1. The molecule has 1 aliphatic rings. The van der Waals surface area contributed by atoms with Gasteiger partial charge in [-0.05, 0) is 19.1 Å². The Balaban J connectivity index is 1.68. The standard InChI is InChI=1S/C15H19N3O3/c1-11-2-3-13-12(10-11)15(16-21-13)18-8-6-17(7-9-18)5-4-14(19)20/h2-3,10H,4-9H2,1H3,(H,19,20). The van der Waals surface area contributed by atoms with Gasteiger partial charge in [-0.25, -0.2) is 0 Å². The summed E-state index contributed by atoms with van der Waals surface area (Å²) < 4.78 is 5.38. The van der Waals surface area contributed by atoms with E-state index in [2.05, 4.69) is 27.9 Å². The van der Waals surface area contributed by atoms with Crippen LogP contribution in [0.25, 0.3) is 11.0 Å². The van der Waals surface area contributed by atoms with Crippen molar-refractivity contribution in [3.8, 4) is 0 Å². The summed E-state index contributed by atoms with van der Waals surface area (Å²) in [5.74, 6) is 0.155. The molecular weight excluding hydrogens is 270 g/mol. The molecule has 0 radical (unpaired) electrons. The second-order valence-corrected chi connectivity index (χ2v) is 5.48. The summed E-state index contributed by atoms with van der Waals surface area (Å²) in [4.78, 5) is 15.0. The molecule has 2 heterocycles. The number of piperazine rings is 1. The third-order valence-electron chi connectivity index (χ3n) is 3.92. The molecule has 1 fully saturated rings. The topological polar surface area (TPSA) is 69.8 Å². The fourth-order valence-corrected chi connectivity index (χ4v) is 2.70. The number of nitrogens with zero attached hydrogens (tertiary/aromatic N) is 3. The average Bonchev–Trinajstić information content (AvgIpc) is 2.88. The first-order valence-corrected chi connectivity index (χ1v) is 7.18. The van der Waals surface area contributed by atoms with Crippen LogP contribution in [0.15, 0.2) is 22.7 Å². The van der Waals surface area contributed by atoms with E-state index in [4.69, 9.17) is 9.63 Å². The summed E-state index contributed by atoms with van der Waals surface area (Å²) in [6, 6.07) is 6.06. The monoisotopic (exact) mass is 289 g/mol. The number of hydrogen-bond donors (Lipinski definition) is 1. The Morgan fingerprint density at radius 1 is 1.33 bits per heavy atom. The van der Waals surface area contributed by atoms with Crippen LogP contribution >= 0.6 is 0 Å². The first-order chi connectivity index (χ1) is 10.1. The van der Waals surface area contributed by atoms with Crippen LogP contribution in [0.3, 0.4) is 0 Å². The predicted molar refractivity (Wildman–Crippen MR) is 79.7 cm³/mol. The van der Waals surface area contributed by atoms with Crippen LogP contribution in [0.1, 0.15) is 12.0 Å². The summed E-state index contributed by atoms with van der Waals surface area (Å²) in [5.41, 5.74) is 2.00. The quantitative estimate of drug-likeness (QED) is 0.924. The molecule has 1 N–H and O–H groups in total. The van der Waals surface area contributed by atoms with Gasteiger partial charge in [0, 0.05) is 32.7 Å². The van der Waals surface area contributed by atoms with Crippen molar-refractivity contribution in [2.45, 2.75) is 13.3 Å². The lowest BCUT2D eigenvalue weighted by Crippen LogP contribution is -2.47. The zero-order valence-corrected chi connectivity index (χ0v) is 12.1. The summed E-state index contributed by atoms with van der Waals surface area (Å²) in [5, 5.41) is 14.0. The van der Waals surface area contributed by atoms with Crippen molar-refractivity contribution >= 4 is 22.8 Å². The van der Waals surface area contributed by atoms with E-state index < -0.39 is 5.97 Å². The lowest BCUT2D eigenvalue weighted by atomic mass is 10.1. The molecule has 0 atom stereocenters. The normalized spacial score (nSPS) is 16.5. The van der Waals surface area contributed by atoms with Crippen molar-refractivity contribution in [2.24, 2.45) is 0 Å². The zero-order valence-electron chi connectivity index (χ0n) is 12.1.